The number of rotatable bonds is 4. The third-order valence-corrected chi connectivity index (χ3v) is 2.98. The van der Waals surface area contributed by atoms with Gasteiger partial charge in [-0.2, -0.15) is 0 Å². The predicted octanol–water partition coefficient (Wildman–Crippen LogP) is 1.35. The number of nitrogens with one attached hydrogen (secondary N) is 1. The van der Waals surface area contributed by atoms with Crippen molar-refractivity contribution < 1.29 is 19.4 Å². The Hall–Kier alpha value is -1.75. The van der Waals surface area contributed by atoms with Gasteiger partial charge in [-0.15, -0.1) is 0 Å². The van der Waals surface area contributed by atoms with E-state index in [0.29, 0.717) is 36.7 Å². The zero-order valence-corrected chi connectivity index (χ0v) is 11.0. The second kappa shape index (κ2) is 6.43. The van der Waals surface area contributed by atoms with Crippen molar-refractivity contribution >= 4 is 5.91 Å². The van der Waals surface area contributed by atoms with Crippen LogP contribution in [0.25, 0.3) is 0 Å². The van der Waals surface area contributed by atoms with E-state index in [1.165, 1.54) is 0 Å². The average Bonchev–Trinajstić information content (AvgIpc) is 2.68. The third-order valence-electron chi connectivity index (χ3n) is 2.98. The molecular weight excluding hydrogens is 246 g/mol. The summed E-state index contributed by atoms with van der Waals surface area (Å²) in [5.74, 6) is 1.05. The largest absolute Gasteiger partial charge is 0.490 e. The fourth-order valence-electron chi connectivity index (χ4n) is 1.76. The Bertz CT molecular complexity index is 447. The fraction of sp³-hybridized carbons (Fsp3) is 0.500. The minimum Gasteiger partial charge on any atom is -0.490 e. The van der Waals surface area contributed by atoms with Gasteiger partial charge in [0.2, 0.25) is 0 Å². The van der Waals surface area contributed by atoms with E-state index in [9.17, 15) is 9.90 Å². The summed E-state index contributed by atoms with van der Waals surface area (Å²) in [4.78, 5) is 11.9. The first-order chi connectivity index (χ1) is 9.20. The molecule has 1 aromatic rings. The first kappa shape index (κ1) is 13.7. The van der Waals surface area contributed by atoms with Crippen LogP contribution in [0.3, 0.4) is 0 Å². The Kier molecular flexibility index (Phi) is 4.63. The number of carbonyl (C=O) groups is 1. The van der Waals surface area contributed by atoms with Gasteiger partial charge in [0.15, 0.2) is 11.5 Å². The molecule has 0 bridgehead atoms. The maximum absolute atomic E-state index is 11.9. The standard InChI is InChI=1S/C14H19NO4/c1-2-11(16)9-15-14(17)10-4-5-12-13(8-10)19-7-3-6-18-12/h4-5,8,11,16H,2-3,6-7,9H2,1H3,(H,15,17). The molecule has 1 atom stereocenters. The molecule has 1 heterocycles. The van der Waals surface area contributed by atoms with Gasteiger partial charge in [-0.25, -0.2) is 0 Å². The number of aliphatic hydroxyl groups is 1. The Morgan fingerprint density at radius 3 is 2.84 bits per heavy atom. The number of amides is 1. The highest BCUT2D eigenvalue weighted by molar-refractivity contribution is 5.94. The maximum atomic E-state index is 11.9. The molecule has 5 nitrogen and oxygen atoms in total. The van der Waals surface area contributed by atoms with Crippen LogP contribution in [-0.2, 0) is 0 Å². The topological polar surface area (TPSA) is 67.8 Å². The van der Waals surface area contributed by atoms with E-state index in [0.717, 1.165) is 6.42 Å². The fourth-order valence-corrected chi connectivity index (χ4v) is 1.76. The van der Waals surface area contributed by atoms with Crippen LogP contribution in [0.15, 0.2) is 18.2 Å². The van der Waals surface area contributed by atoms with Crippen LogP contribution in [0, 0.1) is 0 Å². The molecule has 2 N–H and O–H groups in total. The summed E-state index contributed by atoms with van der Waals surface area (Å²) in [7, 11) is 0. The van der Waals surface area contributed by atoms with Crippen molar-refractivity contribution in [2.24, 2.45) is 0 Å². The quantitative estimate of drug-likeness (QED) is 0.862. The summed E-state index contributed by atoms with van der Waals surface area (Å²) in [5.41, 5.74) is 0.507. The molecule has 0 saturated carbocycles. The van der Waals surface area contributed by atoms with Crippen molar-refractivity contribution in [2.75, 3.05) is 19.8 Å². The molecule has 1 aromatic carbocycles. The van der Waals surface area contributed by atoms with Crippen LogP contribution < -0.4 is 14.8 Å². The molecule has 5 heteroatoms. The lowest BCUT2D eigenvalue weighted by molar-refractivity contribution is 0.0913. The number of aliphatic hydroxyl groups excluding tert-OH is 1. The number of fused-ring (bicyclic) bond motifs is 1. The molecule has 19 heavy (non-hydrogen) atoms. The van der Waals surface area contributed by atoms with Crippen LogP contribution in [0.1, 0.15) is 30.1 Å². The second-order valence-corrected chi connectivity index (χ2v) is 4.48. The molecule has 1 unspecified atom stereocenters. The summed E-state index contributed by atoms with van der Waals surface area (Å²) < 4.78 is 11.0. The number of hydrogen-bond donors (Lipinski definition) is 2. The molecular formula is C14H19NO4. The van der Waals surface area contributed by atoms with Gasteiger partial charge in [0, 0.05) is 18.5 Å². The molecule has 104 valence electrons. The van der Waals surface area contributed by atoms with Crippen LogP contribution in [0.2, 0.25) is 0 Å². The predicted molar refractivity (Wildman–Crippen MR) is 70.7 cm³/mol. The molecule has 1 aliphatic heterocycles. The van der Waals surface area contributed by atoms with Crippen molar-refractivity contribution in [2.45, 2.75) is 25.9 Å². The van der Waals surface area contributed by atoms with Crippen LogP contribution in [-0.4, -0.2) is 36.9 Å². The van der Waals surface area contributed by atoms with Crippen molar-refractivity contribution in [3.05, 3.63) is 23.8 Å². The molecule has 2 rings (SSSR count). The average molecular weight is 265 g/mol. The second-order valence-electron chi connectivity index (χ2n) is 4.48. The highest BCUT2D eigenvalue weighted by atomic mass is 16.5. The van der Waals surface area contributed by atoms with Gasteiger partial charge in [0.05, 0.1) is 19.3 Å². The van der Waals surface area contributed by atoms with E-state index in [1.54, 1.807) is 18.2 Å². The Morgan fingerprint density at radius 2 is 2.11 bits per heavy atom. The molecule has 0 spiro atoms. The lowest BCUT2D eigenvalue weighted by atomic mass is 10.2. The summed E-state index contributed by atoms with van der Waals surface area (Å²) in [6.45, 7) is 3.34. The van der Waals surface area contributed by atoms with E-state index in [-0.39, 0.29) is 12.5 Å². The number of carbonyl (C=O) groups excluding carboxylic acids is 1. The van der Waals surface area contributed by atoms with Gasteiger partial charge in [-0.05, 0) is 24.6 Å². The third kappa shape index (κ3) is 3.61. The van der Waals surface area contributed by atoms with E-state index in [2.05, 4.69) is 5.32 Å². The zero-order chi connectivity index (χ0) is 13.7. The first-order valence-electron chi connectivity index (χ1n) is 6.56. The van der Waals surface area contributed by atoms with Gasteiger partial charge in [0.1, 0.15) is 0 Å². The van der Waals surface area contributed by atoms with Gasteiger partial charge >= 0.3 is 0 Å². The molecule has 0 saturated heterocycles. The molecule has 1 amide bonds. The van der Waals surface area contributed by atoms with E-state index >= 15 is 0 Å². The zero-order valence-electron chi connectivity index (χ0n) is 11.0. The van der Waals surface area contributed by atoms with Crippen LogP contribution >= 0.6 is 0 Å². The molecule has 0 radical (unpaired) electrons. The first-order valence-corrected chi connectivity index (χ1v) is 6.56. The van der Waals surface area contributed by atoms with Crippen molar-refractivity contribution in [3.63, 3.8) is 0 Å². The number of hydrogen-bond acceptors (Lipinski definition) is 4. The van der Waals surface area contributed by atoms with Crippen molar-refractivity contribution in [1.82, 2.24) is 5.32 Å². The minimum absolute atomic E-state index is 0.219. The van der Waals surface area contributed by atoms with Gasteiger partial charge in [-0.3, -0.25) is 4.79 Å². The van der Waals surface area contributed by atoms with Crippen molar-refractivity contribution in [3.8, 4) is 11.5 Å². The summed E-state index contributed by atoms with van der Waals surface area (Å²) in [6, 6.07) is 5.11. The highest BCUT2D eigenvalue weighted by Crippen LogP contribution is 2.30. The Balaban J connectivity index is 2.04. The van der Waals surface area contributed by atoms with Gasteiger partial charge in [-0.1, -0.05) is 6.92 Å². The van der Waals surface area contributed by atoms with E-state index in [4.69, 9.17) is 9.47 Å². The molecule has 0 fully saturated rings. The lowest BCUT2D eigenvalue weighted by Gasteiger charge is -2.11. The Labute approximate surface area is 112 Å². The van der Waals surface area contributed by atoms with Crippen LogP contribution in [0.5, 0.6) is 11.5 Å². The van der Waals surface area contributed by atoms with E-state index in [1.807, 2.05) is 6.92 Å². The van der Waals surface area contributed by atoms with Gasteiger partial charge in [0.25, 0.3) is 5.91 Å². The summed E-state index contributed by atoms with van der Waals surface area (Å²) >= 11 is 0. The Morgan fingerprint density at radius 1 is 1.37 bits per heavy atom. The van der Waals surface area contributed by atoms with Crippen molar-refractivity contribution in [1.29, 1.82) is 0 Å². The summed E-state index contributed by atoms with van der Waals surface area (Å²) in [6.07, 6.45) is 0.935. The number of ether oxygens (including phenoxy) is 2. The van der Waals surface area contributed by atoms with E-state index < -0.39 is 6.10 Å². The molecule has 1 aliphatic rings. The SMILES string of the molecule is CCC(O)CNC(=O)c1ccc2c(c1)OCCCO2. The summed E-state index contributed by atoms with van der Waals surface area (Å²) in [5, 5.41) is 12.1. The highest BCUT2D eigenvalue weighted by Gasteiger charge is 2.14. The lowest BCUT2D eigenvalue weighted by Crippen LogP contribution is -2.31. The molecule has 0 aromatic heterocycles. The minimum atomic E-state index is -0.510. The monoisotopic (exact) mass is 265 g/mol. The van der Waals surface area contributed by atoms with Crippen LogP contribution in [0.4, 0.5) is 0 Å². The normalized spacial score (nSPS) is 15.5. The van der Waals surface area contributed by atoms with Gasteiger partial charge < -0.3 is 19.9 Å². The number of benzene rings is 1. The molecule has 0 aliphatic carbocycles. The maximum Gasteiger partial charge on any atom is 0.251 e. The smallest absolute Gasteiger partial charge is 0.251 e.